The highest BCUT2D eigenvalue weighted by Gasteiger charge is 2.32. The van der Waals surface area contributed by atoms with Crippen molar-refractivity contribution in [1.29, 1.82) is 0 Å². The quantitative estimate of drug-likeness (QED) is 0.822. The minimum absolute atomic E-state index is 0.275. The Morgan fingerprint density at radius 3 is 2.62 bits per heavy atom. The Morgan fingerprint density at radius 1 is 1.21 bits per heavy atom. The van der Waals surface area contributed by atoms with Gasteiger partial charge in [0.2, 0.25) is 5.88 Å². The highest BCUT2D eigenvalue weighted by Crippen LogP contribution is 2.27. The molecule has 9 heteroatoms. The third-order valence-corrected chi connectivity index (χ3v) is 3.79. The van der Waals surface area contributed by atoms with E-state index in [-0.39, 0.29) is 5.15 Å². The number of aromatic nitrogens is 3. The fourth-order valence-electron chi connectivity index (χ4n) is 2.45. The maximum absolute atomic E-state index is 12.5. The molecule has 0 radical (unpaired) electrons. The van der Waals surface area contributed by atoms with Crippen molar-refractivity contribution >= 4 is 11.6 Å². The van der Waals surface area contributed by atoms with E-state index in [0.717, 1.165) is 24.7 Å². The Bertz CT molecular complexity index is 690. The predicted octanol–water partition coefficient (Wildman–Crippen LogP) is 3.05. The molecule has 0 saturated carbocycles. The Kier molecular flexibility index (Phi) is 4.86. The van der Waals surface area contributed by atoms with Crippen molar-refractivity contribution in [2.45, 2.75) is 12.7 Å². The van der Waals surface area contributed by atoms with Crippen molar-refractivity contribution in [3.63, 3.8) is 0 Å². The van der Waals surface area contributed by atoms with Crippen LogP contribution in [0.3, 0.4) is 0 Å². The molecule has 0 spiro atoms. The molecule has 3 rings (SSSR count). The molecule has 0 atom stereocenters. The van der Waals surface area contributed by atoms with Gasteiger partial charge in [-0.3, -0.25) is 14.9 Å². The van der Waals surface area contributed by atoms with E-state index in [2.05, 4.69) is 19.9 Å². The molecule has 1 fully saturated rings. The van der Waals surface area contributed by atoms with Crippen LogP contribution >= 0.6 is 11.6 Å². The number of likely N-dealkylation sites (tertiary alicyclic amines) is 1. The summed E-state index contributed by atoms with van der Waals surface area (Å²) in [4.78, 5) is 13.4. The molecule has 5 nitrogen and oxygen atoms in total. The van der Waals surface area contributed by atoms with Crippen LogP contribution in [0.2, 0.25) is 5.15 Å². The normalized spacial score (nSPS) is 16.0. The van der Waals surface area contributed by atoms with E-state index in [4.69, 9.17) is 16.3 Å². The number of hydrogen-bond acceptors (Lipinski definition) is 5. The van der Waals surface area contributed by atoms with Crippen LogP contribution in [0.15, 0.2) is 30.7 Å². The molecule has 24 heavy (non-hydrogen) atoms. The summed E-state index contributed by atoms with van der Waals surface area (Å²) < 4.78 is 42.9. The summed E-state index contributed by atoms with van der Waals surface area (Å²) in [6.07, 6.45) is -0.205. The molecule has 1 saturated heterocycles. The highest BCUT2D eigenvalue weighted by molar-refractivity contribution is 6.29. The molecule has 0 amide bonds. The first-order chi connectivity index (χ1) is 11.4. The van der Waals surface area contributed by atoms with Gasteiger partial charge >= 0.3 is 6.18 Å². The summed E-state index contributed by atoms with van der Waals surface area (Å²) in [5.74, 6) is 0.723. The van der Waals surface area contributed by atoms with Gasteiger partial charge in [-0.2, -0.15) is 18.2 Å². The number of nitrogens with zero attached hydrogens (tertiary/aromatic N) is 4. The summed E-state index contributed by atoms with van der Waals surface area (Å²) >= 11 is 5.72. The monoisotopic (exact) mass is 358 g/mol. The third-order valence-electron chi connectivity index (χ3n) is 3.60. The van der Waals surface area contributed by atoms with Crippen LogP contribution < -0.4 is 4.74 Å². The van der Waals surface area contributed by atoms with E-state index in [0.29, 0.717) is 24.9 Å². The zero-order valence-electron chi connectivity index (χ0n) is 12.5. The number of hydrogen-bond donors (Lipinski definition) is 0. The van der Waals surface area contributed by atoms with Crippen molar-refractivity contribution in [1.82, 2.24) is 19.9 Å². The molecule has 0 unspecified atom stereocenters. The second-order valence-corrected chi connectivity index (χ2v) is 5.99. The van der Waals surface area contributed by atoms with Gasteiger partial charge in [0.25, 0.3) is 0 Å². The van der Waals surface area contributed by atoms with Crippen LogP contribution in [0.4, 0.5) is 13.2 Å². The van der Waals surface area contributed by atoms with Gasteiger partial charge in [-0.05, 0) is 11.6 Å². The lowest BCUT2D eigenvalue weighted by atomic mass is 10.0. The molecule has 0 N–H and O–H groups in total. The number of alkyl halides is 3. The minimum atomic E-state index is -4.40. The summed E-state index contributed by atoms with van der Waals surface area (Å²) in [7, 11) is 0. The number of halogens is 4. The van der Waals surface area contributed by atoms with Crippen molar-refractivity contribution in [2.75, 3.05) is 19.7 Å². The average Bonchev–Trinajstić information content (AvgIpc) is 2.49. The molecule has 3 heterocycles. The van der Waals surface area contributed by atoms with Gasteiger partial charge in [0, 0.05) is 31.7 Å². The van der Waals surface area contributed by atoms with Crippen LogP contribution in [0.25, 0.3) is 0 Å². The maximum Gasteiger partial charge on any atom is 0.433 e. The smallest absolute Gasteiger partial charge is 0.433 e. The molecule has 1 aliphatic heterocycles. The molecule has 2 aromatic heterocycles. The molecule has 128 valence electrons. The Morgan fingerprint density at radius 2 is 2.00 bits per heavy atom. The summed E-state index contributed by atoms with van der Waals surface area (Å²) in [6, 6.07) is 2.47. The fraction of sp³-hybridized carbons (Fsp3) is 0.400. The van der Waals surface area contributed by atoms with Crippen LogP contribution in [0.1, 0.15) is 11.3 Å². The van der Waals surface area contributed by atoms with Gasteiger partial charge < -0.3 is 4.74 Å². The van der Waals surface area contributed by atoms with Crippen molar-refractivity contribution < 1.29 is 17.9 Å². The lowest BCUT2D eigenvalue weighted by Gasteiger charge is -2.38. The lowest BCUT2D eigenvalue weighted by Crippen LogP contribution is -2.48. The second kappa shape index (κ2) is 6.90. The predicted molar refractivity (Wildman–Crippen MR) is 80.5 cm³/mol. The van der Waals surface area contributed by atoms with Crippen LogP contribution in [-0.4, -0.2) is 39.5 Å². The van der Waals surface area contributed by atoms with Crippen molar-refractivity contribution in [3.05, 3.63) is 47.1 Å². The molecule has 2 aromatic rings. The van der Waals surface area contributed by atoms with Crippen LogP contribution in [0, 0.1) is 5.92 Å². The summed E-state index contributed by atoms with van der Waals surface area (Å²) in [6.45, 7) is 2.67. The van der Waals surface area contributed by atoms with Gasteiger partial charge in [-0.25, -0.2) is 0 Å². The van der Waals surface area contributed by atoms with E-state index in [1.807, 2.05) is 0 Å². The van der Waals surface area contributed by atoms with E-state index in [1.165, 1.54) is 24.7 Å². The van der Waals surface area contributed by atoms with E-state index in [9.17, 15) is 13.2 Å². The molecule has 0 bridgehead atoms. The molecule has 0 aliphatic carbocycles. The van der Waals surface area contributed by atoms with E-state index < -0.39 is 11.9 Å². The zero-order valence-corrected chi connectivity index (χ0v) is 13.3. The number of rotatable bonds is 5. The maximum atomic E-state index is 12.5. The van der Waals surface area contributed by atoms with Gasteiger partial charge in [0.1, 0.15) is 5.69 Å². The molecule has 1 aliphatic rings. The largest absolute Gasteiger partial charge is 0.476 e. The van der Waals surface area contributed by atoms with Crippen LogP contribution in [-0.2, 0) is 12.7 Å². The highest BCUT2D eigenvalue weighted by atomic mass is 35.5. The summed E-state index contributed by atoms with van der Waals surface area (Å²) in [5, 5.41) is 0.275. The van der Waals surface area contributed by atoms with Gasteiger partial charge in [-0.15, -0.1) is 0 Å². The Labute approximate surface area is 141 Å². The van der Waals surface area contributed by atoms with Crippen molar-refractivity contribution in [2.24, 2.45) is 5.92 Å². The van der Waals surface area contributed by atoms with E-state index in [1.54, 1.807) is 0 Å². The average molecular weight is 359 g/mol. The third kappa shape index (κ3) is 4.33. The fourth-order valence-corrected chi connectivity index (χ4v) is 2.59. The summed E-state index contributed by atoms with van der Waals surface area (Å²) in [5.41, 5.74) is -0.119. The van der Waals surface area contributed by atoms with Crippen molar-refractivity contribution in [3.8, 4) is 5.88 Å². The number of ether oxygens (including phenoxy) is 1. The SMILES string of the molecule is FC(F)(F)c1ccc(CN2CC(COc3cncc(Cl)n3)C2)cn1. The minimum Gasteiger partial charge on any atom is -0.476 e. The number of pyridine rings is 1. The molecular weight excluding hydrogens is 345 g/mol. The van der Waals surface area contributed by atoms with Gasteiger partial charge in [0.15, 0.2) is 5.15 Å². The van der Waals surface area contributed by atoms with E-state index >= 15 is 0 Å². The first-order valence-corrected chi connectivity index (χ1v) is 7.63. The van der Waals surface area contributed by atoms with Gasteiger partial charge in [-0.1, -0.05) is 17.7 Å². The zero-order chi connectivity index (χ0) is 17.2. The first-order valence-electron chi connectivity index (χ1n) is 7.25. The lowest BCUT2D eigenvalue weighted by molar-refractivity contribution is -0.141. The second-order valence-electron chi connectivity index (χ2n) is 5.60. The molecule has 0 aromatic carbocycles. The topological polar surface area (TPSA) is 51.1 Å². The first kappa shape index (κ1) is 16.9. The van der Waals surface area contributed by atoms with Crippen LogP contribution in [0.5, 0.6) is 5.88 Å². The Balaban J connectivity index is 1.42. The Hall–Kier alpha value is -1.93. The molecular formula is C15H14ClF3N4O. The van der Waals surface area contributed by atoms with Gasteiger partial charge in [0.05, 0.1) is 19.0 Å². The standard InChI is InChI=1S/C15H14ClF3N4O/c16-13-4-20-5-14(22-13)24-9-11-7-23(8-11)6-10-1-2-12(21-3-10)15(17,18)19/h1-5,11H,6-9H2.